The van der Waals surface area contributed by atoms with E-state index >= 15 is 0 Å². The highest BCUT2D eigenvalue weighted by atomic mass is 32.2. The van der Waals surface area contributed by atoms with Gasteiger partial charge in [0.25, 0.3) is 5.22 Å². The van der Waals surface area contributed by atoms with Crippen molar-refractivity contribution < 1.29 is 9.21 Å². The number of rotatable bonds is 6. The van der Waals surface area contributed by atoms with Gasteiger partial charge in [0.2, 0.25) is 11.8 Å². The van der Waals surface area contributed by atoms with Crippen molar-refractivity contribution in [1.82, 2.24) is 10.2 Å². The van der Waals surface area contributed by atoms with Crippen LogP contribution in [0.25, 0.3) is 11.5 Å². The maximum atomic E-state index is 11.4. The Labute approximate surface area is 134 Å². The molecule has 0 fully saturated rings. The summed E-state index contributed by atoms with van der Waals surface area (Å²) in [7, 11) is 0. The van der Waals surface area contributed by atoms with Crippen molar-refractivity contribution in [2.75, 3.05) is 0 Å². The van der Waals surface area contributed by atoms with Crippen LogP contribution in [-0.2, 0) is 4.79 Å². The van der Waals surface area contributed by atoms with Crippen LogP contribution in [0.4, 0.5) is 0 Å². The Balaban J connectivity index is 2.15. The summed E-state index contributed by atoms with van der Waals surface area (Å²) in [4.78, 5) is 11.4. The Morgan fingerprint density at radius 1 is 1.14 bits per heavy atom. The zero-order valence-corrected chi connectivity index (χ0v) is 14.1. The topological polar surface area (TPSA) is 82.0 Å². The number of aromatic nitrogens is 2. The van der Waals surface area contributed by atoms with E-state index in [0.29, 0.717) is 17.0 Å². The van der Waals surface area contributed by atoms with Crippen LogP contribution >= 0.6 is 11.8 Å². The Kier molecular flexibility index (Phi) is 5.24. The summed E-state index contributed by atoms with van der Waals surface area (Å²) >= 11 is 1.21. The normalized spacial score (nSPS) is 12.8. The molecule has 22 heavy (non-hydrogen) atoms. The highest BCUT2D eigenvalue weighted by molar-refractivity contribution is 8.00. The standard InChI is InChI=1S/C16H21N3O2S/c1-9(2)11-5-7-12(8-6-11)15-18-19-16(21-15)22-13(10(3)4)14(17)20/h5-10,13H,1-4H3,(H2,17,20). The van der Waals surface area contributed by atoms with Crippen LogP contribution in [0, 0.1) is 5.92 Å². The maximum Gasteiger partial charge on any atom is 0.277 e. The molecule has 6 heteroatoms. The fourth-order valence-electron chi connectivity index (χ4n) is 2.02. The van der Waals surface area contributed by atoms with Crippen LogP contribution in [0.2, 0.25) is 0 Å². The molecule has 0 aliphatic rings. The lowest BCUT2D eigenvalue weighted by Crippen LogP contribution is -2.30. The highest BCUT2D eigenvalue weighted by Gasteiger charge is 2.24. The fourth-order valence-corrected chi connectivity index (χ4v) is 2.84. The molecular formula is C16H21N3O2S. The van der Waals surface area contributed by atoms with Crippen LogP contribution in [0.3, 0.4) is 0 Å². The summed E-state index contributed by atoms with van der Waals surface area (Å²) in [6.07, 6.45) is 0. The van der Waals surface area contributed by atoms with Crippen molar-refractivity contribution in [3.63, 3.8) is 0 Å². The predicted molar refractivity (Wildman–Crippen MR) is 87.5 cm³/mol. The Morgan fingerprint density at radius 2 is 1.77 bits per heavy atom. The third-order valence-corrected chi connectivity index (χ3v) is 4.74. The zero-order valence-electron chi connectivity index (χ0n) is 13.2. The molecule has 1 unspecified atom stereocenters. The van der Waals surface area contributed by atoms with E-state index in [4.69, 9.17) is 10.2 Å². The van der Waals surface area contributed by atoms with E-state index in [2.05, 4.69) is 36.2 Å². The Morgan fingerprint density at radius 3 is 2.27 bits per heavy atom. The van der Waals surface area contributed by atoms with Gasteiger partial charge in [-0.1, -0.05) is 51.6 Å². The summed E-state index contributed by atoms with van der Waals surface area (Å²) in [5.74, 6) is 0.652. The number of hydrogen-bond donors (Lipinski definition) is 1. The molecule has 1 aromatic heterocycles. The van der Waals surface area contributed by atoms with Gasteiger partial charge in [0.1, 0.15) is 0 Å². The van der Waals surface area contributed by atoms with Crippen molar-refractivity contribution >= 4 is 17.7 Å². The van der Waals surface area contributed by atoms with E-state index in [1.807, 2.05) is 26.0 Å². The molecule has 1 aromatic carbocycles. The molecule has 0 saturated carbocycles. The lowest BCUT2D eigenvalue weighted by molar-refractivity contribution is -0.118. The molecule has 0 aliphatic carbocycles. The number of nitrogens with two attached hydrogens (primary N) is 1. The maximum absolute atomic E-state index is 11.4. The van der Waals surface area contributed by atoms with Gasteiger partial charge in [-0.15, -0.1) is 10.2 Å². The minimum absolute atomic E-state index is 0.100. The minimum atomic E-state index is -0.378. The molecule has 1 heterocycles. The highest BCUT2D eigenvalue weighted by Crippen LogP contribution is 2.29. The summed E-state index contributed by atoms with van der Waals surface area (Å²) in [5, 5.41) is 8.02. The first-order chi connectivity index (χ1) is 10.4. The number of thioether (sulfide) groups is 1. The lowest BCUT2D eigenvalue weighted by Gasteiger charge is -2.13. The molecule has 5 nitrogen and oxygen atoms in total. The van der Waals surface area contributed by atoms with Crippen molar-refractivity contribution in [2.45, 2.75) is 44.1 Å². The van der Waals surface area contributed by atoms with Gasteiger partial charge in [-0.2, -0.15) is 0 Å². The summed E-state index contributed by atoms with van der Waals surface area (Å²) in [5.41, 5.74) is 7.52. The largest absolute Gasteiger partial charge is 0.411 e. The van der Waals surface area contributed by atoms with Crippen LogP contribution in [0.1, 0.15) is 39.2 Å². The van der Waals surface area contributed by atoms with Crippen molar-refractivity contribution in [3.8, 4) is 11.5 Å². The molecule has 1 amide bonds. The van der Waals surface area contributed by atoms with Gasteiger partial charge in [0.05, 0.1) is 5.25 Å². The first-order valence-corrected chi connectivity index (χ1v) is 8.16. The van der Waals surface area contributed by atoms with Crippen LogP contribution in [0.15, 0.2) is 33.9 Å². The molecule has 0 aliphatic heterocycles. The third kappa shape index (κ3) is 3.88. The van der Waals surface area contributed by atoms with Gasteiger partial charge < -0.3 is 10.2 Å². The number of primary amides is 1. The molecule has 0 bridgehead atoms. The van der Waals surface area contributed by atoms with E-state index in [9.17, 15) is 4.79 Å². The van der Waals surface area contributed by atoms with Crippen LogP contribution < -0.4 is 5.73 Å². The minimum Gasteiger partial charge on any atom is -0.411 e. The van der Waals surface area contributed by atoms with Gasteiger partial charge >= 0.3 is 0 Å². The van der Waals surface area contributed by atoms with E-state index in [0.717, 1.165) is 5.56 Å². The molecule has 1 atom stereocenters. The van der Waals surface area contributed by atoms with Gasteiger partial charge in [0.15, 0.2) is 0 Å². The fraction of sp³-hybridized carbons (Fsp3) is 0.438. The summed E-state index contributed by atoms with van der Waals surface area (Å²) < 4.78 is 5.63. The lowest BCUT2D eigenvalue weighted by atomic mass is 10.0. The average molecular weight is 319 g/mol. The monoisotopic (exact) mass is 319 g/mol. The molecule has 0 saturated heterocycles. The number of carbonyl (C=O) groups excluding carboxylic acids is 1. The SMILES string of the molecule is CC(C)c1ccc(-c2nnc(SC(C(N)=O)C(C)C)o2)cc1. The summed E-state index contributed by atoms with van der Waals surface area (Å²) in [6.45, 7) is 8.16. The summed E-state index contributed by atoms with van der Waals surface area (Å²) in [6, 6.07) is 8.03. The van der Waals surface area contributed by atoms with Crippen molar-refractivity contribution in [2.24, 2.45) is 11.7 Å². The van der Waals surface area contributed by atoms with Crippen LogP contribution in [0.5, 0.6) is 0 Å². The zero-order chi connectivity index (χ0) is 16.3. The Hall–Kier alpha value is -1.82. The average Bonchev–Trinajstić information content (AvgIpc) is 2.92. The second-order valence-electron chi connectivity index (χ2n) is 5.83. The third-order valence-electron chi connectivity index (χ3n) is 3.34. The van der Waals surface area contributed by atoms with Crippen molar-refractivity contribution in [3.05, 3.63) is 29.8 Å². The quantitative estimate of drug-likeness (QED) is 0.824. The second kappa shape index (κ2) is 6.96. The van der Waals surface area contributed by atoms with Gasteiger partial charge in [-0.3, -0.25) is 4.79 Å². The Bertz CT molecular complexity index is 635. The van der Waals surface area contributed by atoms with Gasteiger partial charge in [-0.05, 0) is 29.5 Å². The van der Waals surface area contributed by atoms with E-state index in [1.165, 1.54) is 17.3 Å². The van der Waals surface area contributed by atoms with Gasteiger partial charge in [-0.25, -0.2) is 0 Å². The molecule has 2 rings (SSSR count). The molecule has 2 N–H and O–H groups in total. The molecule has 0 radical (unpaired) electrons. The first kappa shape index (κ1) is 16.5. The first-order valence-electron chi connectivity index (χ1n) is 7.28. The second-order valence-corrected chi connectivity index (χ2v) is 6.93. The number of nitrogens with zero attached hydrogens (tertiary/aromatic N) is 2. The van der Waals surface area contributed by atoms with Crippen molar-refractivity contribution in [1.29, 1.82) is 0 Å². The molecule has 2 aromatic rings. The number of benzene rings is 1. The van der Waals surface area contributed by atoms with E-state index < -0.39 is 0 Å². The van der Waals surface area contributed by atoms with Gasteiger partial charge in [0, 0.05) is 5.56 Å². The smallest absolute Gasteiger partial charge is 0.277 e. The van der Waals surface area contributed by atoms with E-state index in [1.54, 1.807) is 0 Å². The molecular weight excluding hydrogens is 298 g/mol. The number of hydrogen-bond acceptors (Lipinski definition) is 5. The molecule has 0 spiro atoms. The number of amides is 1. The van der Waals surface area contributed by atoms with Crippen LogP contribution in [-0.4, -0.2) is 21.4 Å². The number of carbonyl (C=O) groups is 1. The molecule has 118 valence electrons. The van der Waals surface area contributed by atoms with E-state index in [-0.39, 0.29) is 17.1 Å². The predicted octanol–water partition coefficient (Wildman–Crippen LogP) is 3.46.